The Kier molecular flexibility index (Phi) is 6.26. The number of nitrogens with zero attached hydrogens (tertiary/aromatic N) is 3. The predicted molar refractivity (Wildman–Crippen MR) is 123 cm³/mol. The number of aliphatic imine (C=N–C) groups is 2. The summed E-state index contributed by atoms with van der Waals surface area (Å²) in [5.74, 6) is -0.537. The molecule has 2 heterocycles. The van der Waals surface area contributed by atoms with E-state index < -0.39 is 11.9 Å². The summed E-state index contributed by atoms with van der Waals surface area (Å²) in [6.45, 7) is 2.19. The lowest BCUT2D eigenvalue weighted by atomic mass is 9.82. The summed E-state index contributed by atoms with van der Waals surface area (Å²) in [7, 11) is 0. The number of carbonyl (C=O) groups is 2. The van der Waals surface area contributed by atoms with Crippen LogP contribution in [0.1, 0.15) is 63.4 Å². The number of amides is 3. The van der Waals surface area contributed by atoms with E-state index in [2.05, 4.69) is 16.9 Å². The molecule has 2 aromatic rings. The monoisotopic (exact) mass is 417 g/mol. The normalized spacial score (nSPS) is 17.7. The van der Waals surface area contributed by atoms with E-state index in [1.807, 2.05) is 6.07 Å². The SMILES string of the molecule is CCCCCCCCC1C2=NC(=O)N(c3ccccc3)C(=O)C2=Nc2ccc(O)cc21. The Morgan fingerprint density at radius 1 is 0.935 bits per heavy atom. The van der Waals surface area contributed by atoms with Crippen molar-refractivity contribution < 1.29 is 14.7 Å². The van der Waals surface area contributed by atoms with Crippen LogP contribution in [0.4, 0.5) is 16.2 Å². The molecule has 0 spiro atoms. The predicted octanol–water partition coefficient (Wildman–Crippen LogP) is 5.92. The molecule has 0 fully saturated rings. The number of urea groups is 1. The topological polar surface area (TPSA) is 82.3 Å². The van der Waals surface area contributed by atoms with Gasteiger partial charge in [-0.25, -0.2) is 14.7 Å². The van der Waals surface area contributed by atoms with Gasteiger partial charge in [-0.05, 0) is 42.3 Å². The van der Waals surface area contributed by atoms with E-state index in [4.69, 9.17) is 0 Å². The molecular weight excluding hydrogens is 390 g/mol. The van der Waals surface area contributed by atoms with E-state index in [0.29, 0.717) is 17.1 Å². The molecule has 6 nitrogen and oxygen atoms in total. The quantitative estimate of drug-likeness (QED) is 0.541. The number of fused-ring (bicyclic) bond motifs is 2. The number of anilines is 1. The minimum Gasteiger partial charge on any atom is -0.508 e. The lowest BCUT2D eigenvalue weighted by molar-refractivity contribution is -0.111. The van der Waals surface area contributed by atoms with Crippen molar-refractivity contribution in [3.63, 3.8) is 0 Å². The summed E-state index contributed by atoms with van der Waals surface area (Å²) in [6, 6.07) is 13.2. The van der Waals surface area contributed by atoms with Crippen molar-refractivity contribution in [2.45, 2.75) is 57.8 Å². The fraction of sp³-hybridized carbons (Fsp3) is 0.360. The van der Waals surface area contributed by atoms with Crippen LogP contribution in [0.3, 0.4) is 0 Å². The molecule has 1 N–H and O–H groups in total. The van der Waals surface area contributed by atoms with Gasteiger partial charge < -0.3 is 5.11 Å². The highest BCUT2D eigenvalue weighted by atomic mass is 16.3. The number of carbonyl (C=O) groups excluding carboxylic acids is 2. The average Bonchev–Trinajstić information content (AvgIpc) is 2.77. The molecule has 0 saturated heterocycles. The number of unbranched alkanes of at least 4 members (excludes halogenated alkanes) is 5. The molecule has 2 aromatic carbocycles. The average molecular weight is 418 g/mol. The Morgan fingerprint density at radius 2 is 1.68 bits per heavy atom. The Bertz CT molecular complexity index is 1040. The summed E-state index contributed by atoms with van der Waals surface area (Å²) >= 11 is 0. The van der Waals surface area contributed by atoms with E-state index >= 15 is 0 Å². The second-order valence-corrected chi connectivity index (χ2v) is 8.07. The minimum absolute atomic E-state index is 0.144. The summed E-state index contributed by atoms with van der Waals surface area (Å²) in [6.07, 6.45) is 7.63. The molecule has 0 aliphatic carbocycles. The maximum Gasteiger partial charge on any atom is 0.355 e. The third-order valence-corrected chi connectivity index (χ3v) is 5.87. The third-order valence-electron chi connectivity index (χ3n) is 5.87. The Hall–Kier alpha value is -3.28. The van der Waals surface area contributed by atoms with Crippen LogP contribution in [-0.4, -0.2) is 28.5 Å². The van der Waals surface area contributed by atoms with Crippen LogP contribution in [0.2, 0.25) is 0 Å². The van der Waals surface area contributed by atoms with Gasteiger partial charge in [-0.3, -0.25) is 4.79 Å². The first-order valence-corrected chi connectivity index (χ1v) is 11.0. The highest BCUT2D eigenvalue weighted by molar-refractivity contribution is 6.74. The highest BCUT2D eigenvalue weighted by Crippen LogP contribution is 2.40. The maximum atomic E-state index is 13.3. The van der Waals surface area contributed by atoms with Gasteiger partial charge >= 0.3 is 6.03 Å². The molecular formula is C25H27N3O3. The number of hydrogen-bond acceptors (Lipinski definition) is 4. The standard InChI is InChI=1S/C25H27N3O3/c1-2-3-4-5-6-10-13-19-20-16-18(29)14-15-21(20)26-23-22(19)27-25(31)28(24(23)30)17-11-8-7-9-12-17/h7-9,11-12,14-16,19,29H,2-6,10,13H2,1H3. The number of phenols is 1. The van der Waals surface area contributed by atoms with Gasteiger partial charge in [0.25, 0.3) is 5.91 Å². The number of imide groups is 1. The highest BCUT2D eigenvalue weighted by Gasteiger charge is 2.41. The van der Waals surface area contributed by atoms with Gasteiger partial charge in [0.05, 0.1) is 17.1 Å². The van der Waals surface area contributed by atoms with Gasteiger partial charge in [-0.15, -0.1) is 0 Å². The summed E-state index contributed by atoms with van der Waals surface area (Å²) < 4.78 is 0. The smallest absolute Gasteiger partial charge is 0.355 e. The second-order valence-electron chi connectivity index (χ2n) is 8.07. The molecule has 2 aliphatic heterocycles. The molecule has 2 aliphatic rings. The number of phenolic OH excluding ortho intramolecular Hbond substituents is 1. The van der Waals surface area contributed by atoms with Crippen LogP contribution in [0.15, 0.2) is 58.5 Å². The molecule has 31 heavy (non-hydrogen) atoms. The Morgan fingerprint density at radius 3 is 2.45 bits per heavy atom. The van der Waals surface area contributed by atoms with Crippen molar-refractivity contribution >= 4 is 34.7 Å². The second kappa shape index (κ2) is 9.25. The molecule has 0 bridgehead atoms. The van der Waals surface area contributed by atoms with Gasteiger partial charge in [-0.1, -0.05) is 63.6 Å². The van der Waals surface area contributed by atoms with Gasteiger partial charge in [-0.2, -0.15) is 4.99 Å². The van der Waals surface area contributed by atoms with Crippen LogP contribution in [0.25, 0.3) is 0 Å². The molecule has 4 rings (SSSR count). The van der Waals surface area contributed by atoms with Crippen LogP contribution < -0.4 is 4.90 Å². The molecule has 0 saturated carbocycles. The molecule has 160 valence electrons. The van der Waals surface area contributed by atoms with Crippen molar-refractivity contribution in [3.8, 4) is 5.75 Å². The maximum absolute atomic E-state index is 13.3. The zero-order valence-electron chi connectivity index (χ0n) is 17.8. The van der Waals surface area contributed by atoms with Crippen LogP contribution in [-0.2, 0) is 4.79 Å². The van der Waals surface area contributed by atoms with Crippen molar-refractivity contribution in [3.05, 3.63) is 54.1 Å². The van der Waals surface area contributed by atoms with Crippen LogP contribution >= 0.6 is 0 Å². The zero-order valence-corrected chi connectivity index (χ0v) is 17.8. The molecule has 0 radical (unpaired) electrons. The molecule has 1 unspecified atom stereocenters. The zero-order chi connectivity index (χ0) is 21.8. The summed E-state index contributed by atoms with van der Waals surface area (Å²) in [4.78, 5) is 36.1. The van der Waals surface area contributed by atoms with Crippen LogP contribution in [0, 0.1) is 0 Å². The fourth-order valence-electron chi connectivity index (χ4n) is 4.27. The summed E-state index contributed by atoms with van der Waals surface area (Å²) in [5, 5.41) is 10.0. The van der Waals surface area contributed by atoms with Crippen molar-refractivity contribution in [2.24, 2.45) is 9.98 Å². The van der Waals surface area contributed by atoms with E-state index in [-0.39, 0.29) is 17.4 Å². The van der Waals surface area contributed by atoms with Gasteiger partial charge in [0.2, 0.25) is 0 Å². The van der Waals surface area contributed by atoms with Crippen molar-refractivity contribution in [1.29, 1.82) is 0 Å². The molecule has 0 aromatic heterocycles. The van der Waals surface area contributed by atoms with Gasteiger partial charge in [0.15, 0.2) is 5.71 Å². The van der Waals surface area contributed by atoms with Gasteiger partial charge in [0.1, 0.15) is 5.75 Å². The number of rotatable bonds is 8. The van der Waals surface area contributed by atoms with Crippen molar-refractivity contribution in [1.82, 2.24) is 0 Å². The third kappa shape index (κ3) is 4.29. The number of benzene rings is 2. The number of hydrogen-bond donors (Lipinski definition) is 1. The van der Waals surface area contributed by atoms with E-state index in [0.717, 1.165) is 29.7 Å². The largest absolute Gasteiger partial charge is 0.508 e. The molecule has 1 atom stereocenters. The lowest BCUT2D eigenvalue weighted by Gasteiger charge is -2.31. The van der Waals surface area contributed by atoms with E-state index in [9.17, 15) is 14.7 Å². The summed E-state index contributed by atoms with van der Waals surface area (Å²) in [5.41, 5.74) is 2.60. The number of aromatic hydroxyl groups is 1. The molecule has 3 amide bonds. The van der Waals surface area contributed by atoms with E-state index in [1.54, 1.807) is 42.5 Å². The number of para-hydroxylation sites is 1. The van der Waals surface area contributed by atoms with Crippen LogP contribution in [0.5, 0.6) is 5.75 Å². The lowest BCUT2D eigenvalue weighted by Crippen LogP contribution is -2.49. The fourth-order valence-corrected chi connectivity index (χ4v) is 4.27. The Labute approximate surface area is 182 Å². The van der Waals surface area contributed by atoms with Gasteiger partial charge in [0, 0.05) is 5.92 Å². The molecule has 6 heteroatoms. The van der Waals surface area contributed by atoms with E-state index in [1.165, 1.54) is 25.7 Å². The minimum atomic E-state index is -0.596. The first kappa shape index (κ1) is 21.0. The first-order valence-electron chi connectivity index (χ1n) is 11.0. The Balaban J connectivity index is 1.66. The first-order chi connectivity index (χ1) is 15.1. The van der Waals surface area contributed by atoms with Crippen molar-refractivity contribution in [2.75, 3.05) is 4.90 Å².